The molecule has 1 aliphatic rings. The fourth-order valence-electron chi connectivity index (χ4n) is 3.43. The molecular weight excluding hydrogens is 412 g/mol. The van der Waals surface area contributed by atoms with Crippen molar-refractivity contribution in [1.29, 1.82) is 0 Å². The highest BCUT2D eigenvalue weighted by molar-refractivity contribution is 7.92. The van der Waals surface area contributed by atoms with Gasteiger partial charge in [-0.05, 0) is 63.4 Å². The van der Waals surface area contributed by atoms with Gasteiger partial charge < -0.3 is 4.74 Å². The van der Waals surface area contributed by atoms with Crippen LogP contribution in [0.2, 0.25) is 0 Å². The van der Waals surface area contributed by atoms with Gasteiger partial charge in [-0.25, -0.2) is 16.8 Å². The van der Waals surface area contributed by atoms with E-state index in [1.807, 2.05) is 6.92 Å². The first kappa shape index (κ1) is 21.6. The van der Waals surface area contributed by atoms with E-state index in [0.717, 1.165) is 18.4 Å². The van der Waals surface area contributed by atoms with E-state index in [1.165, 1.54) is 22.5 Å². The molecule has 0 bridgehead atoms. The second-order valence-corrected chi connectivity index (χ2v) is 10.6. The van der Waals surface area contributed by atoms with Crippen LogP contribution in [0.5, 0.6) is 5.75 Å². The Balaban J connectivity index is 2.00. The molecular formula is C20H26N2O5S2. The van der Waals surface area contributed by atoms with E-state index >= 15 is 0 Å². The molecule has 0 aromatic heterocycles. The summed E-state index contributed by atoms with van der Waals surface area (Å²) >= 11 is 0. The zero-order valence-corrected chi connectivity index (χ0v) is 18.4. The lowest BCUT2D eigenvalue weighted by Gasteiger charge is -2.19. The lowest BCUT2D eigenvalue weighted by Crippen LogP contribution is -2.28. The minimum absolute atomic E-state index is 0.0259. The molecule has 0 aliphatic carbocycles. The molecule has 2 aromatic carbocycles. The number of anilines is 1. The maximum Gasteiger partial charge on any atom is 0.262 e. The first-order chi connectivity index (χ1) is 13.6. The fourth-order valence-corrected chi connectivity index (χ4v) is 6.38. The smallest absolute Gasteiger partial charge is 0.262 e. The second kappa shape index (κ2) is 8.33. The van der Waals surface area contributed by atoms with Crippen molar-refractivity contribution < 1.29 is 21.6 Å². The summed E-state index contributed by atoms with van der Waals surface area (Å²) in [5.41, 5.74) is 1.75. The molecule has 7 nitrogen and oxygen atoms in total. The molecule has 3 rings (SSSR count). The van der Waals surface area contributed by atoms with Crippen LogP contribution in [0.1, 0.15) is 30.9 Å². The highest BCUT2D eigenvalue weighted by Crippen LogP contribution is 2.32. The van der Waals surface area contributed by atoms with E-state index in [9.17, 15) is 16.8 Å². The lowest BCUT2D eigenvalue weighted by atomic mass is 10.2. The monoisotopic (exact) mass is 438 g/mol. The molecule has 1 saturated heterocycles. The molecule has 1 N–H and O–H groups in total. The largest absolute Gasteiger partial charge is 0.492 e. The molecule has 0 atom stereocenters. The van der Waals surface area contributed by atoms with Crippen LogP contribution in [0.4, 0.5) is 5.69 Å². The maximum atomic E-state index is 13.1. The molecule has 0 radical (unpaired) electrons. The average molecular weight is 439 g/mol. The summed E-state index contributed by atoms with van der Waals surface area (Å²) in [7, 11) is -7.64. The Labute approximate surface area is 172 Å². The Morgan fingerprint density at radius 2 is 1.66 bits per heavy atom. The number of hydrogen-bond donors (Lipinski definition) is 1. The fraction of sp³-hybridized carbons (Fsp3) is 0.400. The van der Waals surface area contributed by atoms with Crippen molar-refractivity contribution in [3.05, 3.63) is 47.5 Å². The Bertz CT molecular complexity index is 1110. The molecule has 1 heterocycles. The van der Waals surface area contributed by atoms with Gasteiger partial charge in [0, 0.05) is 13.1 Å². The van der Waals surface area contributed by atoms with Gasteiger partial charge in [-0.15, -0.1) is 0 Å². The van der Waals surface area contributed by atoms with E-state index in [-0.39, 0.29) is 21.2 Å². The average Bonchev–Trinajstić information content (AvgIpc) is 3.18. The standard InChI is InChI=1S/C20H26N2O5S2/c1-4-27-18-9-8-17(14-20(18)29(25,26)22-11-5-6-12-22)21-28(23,24)19-10-7-15(2)13-16(19)3/h7-10,13-14,21H,4-6,11-12H2,1-3H3. The number of rotatable bonds is 7. The maximum absolute atomic E-state index is 13.1. The predicted molar refractivity (Wildman–Crippen MR) is 112 cm³/mol. The van der Waals surface area contributed by atoms with Gasteiger partial charge in [0.1, 0.15) is 10.6 Å². The van der Waals surface area contributed by atoms with Crippen LogP contribution in [-0.4, -0.2) is 40.8 Å². The summed E-state index contributed by atoms with van der Waals surface area (Å²) in [6.45, 7) is 6.58. The number of benzene rings is 2. The van der Waals surface area contributed by atoms with Crippen molar-refractivity contribution in [2.45, 2.75) is 43.4 Å². The van der Waals surface area contributed by atoms with Crippen LogP contribution in [0, 0.1) is 13.8 Å². The van der Waals surface area contributed by atoms with Gasteiger partial charge in [0.05, 0.1) is 17.2 Å². The van der Waals surface area contributed by atoms with Crippen LogP contribution in [-0.2, 0) is 20.0 Å². The number of hydrogen-bond acceptors (Lipinski definition) is 5. The third kappa shape index (κ3) is 4.57. The Hall–Kier alpha value is -2.10. The minimum Gasteiger partial charge on any atom is -0.492 e. The van der Waals surface area contributed by atoms with Gasteiger partial charge in [0.2, 0.25) is 10.0 Å². The predicted octanol–water partition coefficient (Wildman–Crippen LogP) is 3.29. The highest BCUT2D eigenvalue weighted by Gasteiger charge is 2.30. The van der Waals surface area contributed by atoms with Gasteiger partial charge >= 0.3 is 0 Å². The SMILES string of the molecule is CCOc1ccc(NS(=O)(=O)c2ccc(C)cc2C)cc1S(=O)(=O)N1CCCC1. The summed E-state index contributed by atoms with van der Waals surface area (Å²) in [5.74, 6) is 0.217. The molecule has 0 unspecified atom stereocenters. The van der Waals surface area contributed by atoms with Crippen molar-refractivity contribution in [2.75, 3.05) is 24.4 Å². The number of nitrogens with zero attached hydrogens (tertiary/aromatic N) is 1. The van der Waals surface area contributed by atoms with Crippen molar-refractivity contribution in [3.63, 3.8) is 0 Å². The van der Waals surface area contributed by atoms with E-state index < -0.39 is 20.0 Å². The third-order valence-corrected chi connectivity index (χ3v) is 8.26. The van der Waals surface area contributed by atoms with Crippen molar-refractivity contribution in [1.82, 2.24) is 4.31 Å². The number of sulfonamides is 2. The lowest BCUT2D eigenvalue weighted by molar-refractivity contribution is 0.330. The number of aryl methyl sites for hydroxylation is 2. The highest BCUT2D eigenvalue weighted by atomic mass is 32.2. The molecule has 1 aliphatic heterocycles. The molecule has 29 heavy (non-hydrogen) atoms. The van der Waals surface area contributed by atoms with Gasteiger partial charge in [-0.2, -0.15) is 4.31 Å². The molecule has 158 valence electrons. The van der Waals surface area contributed by atoms with Gasteiger partial charge in [0.15, 0.2) is 0 Å². The Kier molecular flexibility index (Phi) is 6.21. The molecule has 1 fully saturated rings. The van der Waals surface area contributed by atoms with E-state index in [4.69, 9.17) is 4.74 Å². The number of nitrogens with one attached hydrogen (secondary N) is 1. The quantitative estimate of drug-likeness (QED) is 0.716. The van der Waals surface area contributed by atoms with E-state index in [0.29, 0.717) is 25.3 Å². The zero-order valence-electron chi connectivity index (χ0n) is 16.8. The minimum atomic E-state index is -3.87. The van der Waals surface area contributed by atoms with Crippen molar-refractivity contribution in [3.8, 4) is 5.75 Å². The second-order valence-electron chi connectivity index (χ2n) is 7.08. The van der Waals surface area contributed by atoms with Crippen LogP contribution in [0.25, 0.3) is 0 Å². The topological polar surface area (TPSA) is 92.8 Å². The Morgan fingerprint density at radius 1 is 0.966 bits per heavy atom. The molecule has 0 amide bonds. The normalized spacial score (nSPS) is 15.4. The van der Waals surface area contributed by atoms with E-state index in [2.05, 4.69) is 4.72 Å². The summed E-state index contributed by atoms with van der Waals surface area (Å²) in [6.07, 6.45) is 1.62. The molecule has 0 spiro atoms. The summed E-state index contributed by atoms with van der Waals surface area (Å²) in [4.78, 5) is 0.128. The van der Waals surface area contributed by atoms with Crippen LogP contribution in [0.15, 0.2) is 46.2 Å². The van der Waals surface area contributed by atoms with E-state index in [1.54, 1.807) is 32.0 Å². The summed E-state index contributed by atoms with van der Waals surface area (Å²) in [5, 5.41) is 0. The summed E-state index contributed by atoms with van der Waals surface area (Å²) < 4.78 is 61.3. The van der Waals surface area contributed by atoms with Crippen LogP contribution in [0.3, 0.4) is 0 Å². The molecule has 0 saturated carbocycles. The number of ether oxygens (including phenoxy) is 1. The van der Waals surface area contributed by atoms with Crippen LogP contribution < -0.4 is 9.46 Å². The van der Waals surface area contributed by atoms with Crippen LogP contribution >= 0.6 is 0 Å². The first-order valence-electron chi connectivity index (χ1n) is 9.52. The van der Waals surface area contributed by atoms with Crippen molar-refractivity contribution >= 4 is 25.7 Å². The first-order valence-corrected chi connectivity index (χ1v) is 12.4. The summed E-state index contributed by atoms with van der Waals surface area (Å²) in [6, 6.07) is 9.39. The van der Waals surface area contributed by atoms with Gasteiger partial charge in [0.25, 0.3) is 10.0 Å². The molecule has 2 aromatic rings. The molecule has 9 heteroatoms. The zero-order chi connectivity index (χ0) is 21.2. The third-order valence-electron chi connectivity index (χ3n) is 4.80. The van der Waals surface area contributed by atoms with Gasteiger partial charge in [-0.1, -0.05) is 17.7 Å². The Morgan fingerprint density at radius 3 is 2.28 bits per heavy atom. The van der Waals surface area contributed by atoms with Crippen molar-refractivity contribution in [2.24, 2.45) is 0 Å². The van der Waals surface area contributed by atoms with Gasteiger partial charge in [-0.3, -0.25) is 4.72 Å².